The van der Waals surface area contributed by atoms with Gasteiger partial charge in [0.1, 0.15) is 23.4 Å². The molecule has 11 nitrogen and oxygen atoms in total. The Kier molecular flexibility index (Phi) is 6.11. The quantitative estimate of drug-likeness (QED) is 0.327. The lowest BCUT2D eigenvalue weighted by molar-refractivity contribution is 0.248. The van der Waals surface area contributed by atoms with Crippen molar-refractivity contribution in [1.82, 2.24) is 39.0 Å². The highest BCUT2D eigenvalue weighted by Crippen LogP contribution is 2.30. The van der Waals surface area contributed by atoms with Crippen LogP contribution >= 0.6 is 0 Å². The third kappa shape index (κ3) is 4.36. The molecule has 0 atom stereocenters. The summed E-state index contributed by atoms with van der Waals surface area (Å²) in [6.45, 7) is 8.83. The monoisotopic (exact) mass is 552 g/mol. The predicted octanol–water partition coefficient (Wildman–Crippen LogP) is 3.96. The Labute approximate surface area is 235 Å². The van der Waals surface area contributed by atoms with Crippen LogP contribution in [0, 0.1) is 19.7 Å². The number of hydrogen-bond acceptors (Lipinski definition) is 9. The summed E-state index contributed by atoms with van der Waals surface area (Å²) < 4.78 is 24.0. The molecule has 2 N–H and O–H groups in total. The van der Waals surface area contributed by atoms with E-state index in [-0.39, 0.29) is 11.8 Å². The average Bonchev–Trinajstić information content (AvgIpc) is 3.74. The number of anilines is 2. The smallest absolute Gasteiger partial charge is 0.225 e. The minimum Gasteiger partial charge on any atom is -0.445 e. The summed E-state index contributed by atoms with van der Waals surface area (Å²) in [6.07, 6.45) is 4.83. The summed E-state index contributed by atoms with van der Waals surface area (Å²) in [5.74, 6) is 1.04. The summed E-state index contributed by atoms with van der Waals surface area (Å²) >= 11 is 0. The Hall–Kier alpha value is -4.84. The maximum Gasteiger partial charge on any atom is 0.225 e. The van der Waals surface area contributed by atoms with Crippen LogP contribution in [0.4, 0.5) is 16.0 Å². The zero-order chi connectivity index (χ0) is 28.1. The summed E-state index contributed by atoms with van der Waals surface area (Å²) in [7, 11) is 0. The number of nitrogens with two attached hydrogens (primary N) is 1. The second kappa shape index (κ2) is 9.97. The molecule has 1 aromatic carbocycles. The minimum absolute atomic E-state index is 0.242. The SMILES string of the molecule is Cc1c(C)n(CCN2CCN(c3cc(-c4ncco4)ccc3F)CC2)c2nc(N)n3nc(-c4ccccn4)nc3c12. The van der Waals surface area contributed by atoms with Crippen molar-refractivity contribution >= 4 is 28.3 Å². The Morgan fingerprint density at radius 2 is 1.80 bits per heavy atom. The number of piperazine rings is 1. The molecule has 0 saturated carbocycles. The molecule has 0 spiro atoms. The lowest BCUT2D eigenvalue weighted by Gasteiger charge is -2.36. The van der Waals surface area contributed by atoms with E-state index < -0.39 is 0 Å². The number of nitrogens with zero attached hydrogens (tertiary/aromatic N) is 9. The van der Waals surface area contributed by atoms with Crippen LogP contribution in [0.1, 0.15) is 11.3 Å². The van der Waals surface area contributed by atoms with Gasteiger partial charge in [0.25, 0.3) is 0 Å². The van der Waals surface area contributed by atoms with Crippen LogP contribution in [-0.2, 0) is 6.54 Å². The Balaban J connectivity index is 1.10. The predicted molar refractivity (Wildman–Crippen MR) is 154 cm³/mol. The van der Waals surface area contributed by atoms with Gasteiger partial charge in [-0.15, -0.1) is 5.10 Å². The molecule has 1 saturated heterocycles. The first kappa shape index (κ1) is 25.1. The third-order valence-corrected chi connectivity index (χ3v) is 7.94. The average molecular weight is 553 g/mol. The van der Waals surface area contributed by atoms with Crippen LogP contribution in [0.25, 0.3) is 39.7 Å². The van der Waals surface area contributed by atoms with Crippen molar-refractivity contribution in [3.8, 4) is 23.0 Å². The van der Waals surface area contributed by atoms with Crippen LogP contribution in [0.15, 0.2) is 59.5 Å². The topological polar surface area (TPSA) is 119 Å². The molecule has 1 fully saturated rings. The second-order valence-corrected chi connectivity index (χ2v) is 10.2. The molecule has 0 unspecified atom stereocenters. The van der Waals surface area contributed by atoms with Crippen molar-refractivity contribution in [2.45, 2.75) is 20.4 Å². The Morgan fingerprint density at radius 1 is 0.951 bits per heavy atom. The van der Waals surface area contributed by atoms with Gasteiger partial charge in [0.15, 0.2) is 5.65 Å². The van der Waals surface area contributed by atoms with Gasteiger partial charge in [-0.1, -0.05) is 6.07 Å². The summed E-state index contributed by atoms with van der Waals surface area (Å²) in [6, 6.07) is 10.6. The number of halogens is 1. The summed E-state index contributed by atoms with van der Waals surface area (Å²) in [5.41, 5.74) is 12.1. The van der Waals surface area contributed by atoms with E-state index in [1.54, 1.807) is 23.0 Å². The van der Waals surface area contributed by atoms with Gasteiger partial charge in [-0.2, -0.15) is 9.50 Å². The Bertz CT molecular complexity index is 1850. The fourth-order valence-electron chi connectivity index (χ4n) is 5.60. The van der Waals surface area contributed by atoms with E-state index >= 15 is 0 Å². The van der Waals surface area contributed by atoms with E-state index in [1.165, 1.54) is 12.3 Å². The van der Waals surface area contributed by atoms with Crippen molar-refractivity contribution in [1.29, 1.82) is 0 Å². The van der Waals surface area contributed by atoms with E-state index in [0.717, 1.165) is 67.1 Å². The first-order chi connectivity index (χ1) is 20.0. The number of benzene rings is 1. The number of aryl methyl sites for hydroxylation is 1. The van der Waals surface area contributed by atoms with Gasteiger partial charge < -0.3 is 19.6 Å². The Morgan fingerprint density at radius 3 is 2.56 bits per heavy atom. The third-order valence-electron chi connectivity index (χ3n) is 7.94. The van der Waals surface area contributed by atoms with Gasteiger partial charge in [0.2, 0.25) is 17.7 Å². The molecule has 0 radical (unpaired) electrons. The molecule has 0 bridgehead atoms. The maximum atomic E-state index is 14.8. The van der Waals surface area contributed by atoms with E-state index in [9.17, 15) is 4.39 Å². The van der Waals surface area contributed by atoms with E-state index in [4.69, 9.17) is 20.1 Å². The number of oxazole rings is 1. The van der Waals surface area contributed by atoms with Gasteiger partial charge in [0.05, 0.1) is 17.3 Å². The van der Waals surface area contributed by atoms with Crippen LogP contribution in [0.3, 0.4) is 0 Å². The fourth-order valence-corrected chi connectivity index (χ4v) is 5.60. The van der Waals surface area contributed by atoms with Gasteiger partial charge >= 0.3 is 0 Å². The lowest BCUT2D eigenvalue weighted by atomic mass is 10.1. The fraction of sp³-hybridized carbons (Fsp3) is 0.276. The molecule has 7 rings (SSSR count). The first-order valence-corrected chi connectivity index (χ1v) is 13.6. The molecule has 5 aromatic heterocycles. The molecular weight excluding hydrogens is 523 g/mol. The largest absolute Gasteiger partial charge is 0.445 e. The normalized spacial score (nSPS) is 14.5. The standard InChI is InChI=1S/C29H29FN10O/c1-18-19(2)39(26-24(18)27-34-25(22-5-3-4-8-32-22)36-40(27)29(31)35-26)15-12-37-10-13-38(14-11-37)23-17-20(6-7-21(23)30)28-33-9-16-41-28/h3-9,16-17H,10-15H2,1-2H3,(H2,31,35). The highest BCUT2D eigenvalue weighted by molar-refractivity contribution is 5.95. The second-order valence-electron chi connectivity index (χ2n) is 10.2. The van der Waals surface area contributed by atoms with Gasteiger partial charge in [-0.05, 0) is 49.7 Å². The number of aromatic nitrogens is 7. The van der Waals surface area contributed by atoms with Gasteiger partial charge in [-0.3, -0.25) is 9.88 Å². The number of rotatable bonds is 6. The number of fused-ring (bicyclic) bond motifs is 3. The molecule has 1 aliphatic heterocycles. The van der Waals surface area contributed by atoms with Crippen LogP contribution in [0.2, 0.25) is 0 Å². The molecule has 208 valence electrons. The number of pyridine rings is 1. The molecule has 0 aliphatic carbocycles. The lowest BCUT2D eigenvalue weighted by Crippen LogP contribution is -2.47. The van der Waals surface area contributed by atoms with Crippen molar-refractivity contribution in [2.75, 3.05) is 43.4 Å². The molecule has 12 heteroatoms. The van der Waals surface area contributed by atoms with Crippen LogP contribution in [0.5, 0.6) is 0 Å². The van der Waals surface area contributed by atoms with Crippen LogP contribution in [-0.4, -0.2) is 71.7 Å². The first-order valence-electron chi connectivity index (χ1n) is 13.6. The van der Waals surface area contributed by atoms with Gasteiger partial charge in [-0.25, -0.2) is 14.4 Å². The molecule has 6 heterocycles. The van der Waals surface area contributed by atoms with E-state index in [0.29, 0.717) is 28.7 Å². The number of hydrogen-bond donors (Lipinski definition) is 1. The minimum atomic E-state index is -0.242. The van der Waals surface area contributed by atoms with Crippen molar-refractivity contribution in [3.05, 3.63) is 72.1 Å². The highest BCUT2D eigenvalue weighted by Gasteiger charge is 2.23. The van der Waals surface area contributed by atoms with E-state index in [1.807, 2.05) is 24.3 Å². The maximum absolute atomic E-state index is 14.8. The van der Waals surface area contributed by atoms with Crippen molar-refractivity contribution in [3.63, 3.8) is 0 Å². The summed E-state index contributed by atoms with van der Waals surface area (Å²) in [4.78, 5) is 22.6. The molecule has 6 aromatic rings. The molecule has 1 aliphatic rings. The molecule has 0 amide bonds. The van der Waals surface area contributed by atoms with Crippen LogP contribution < -0.4 is 10.6 Å². The summed E-state index contributed by atoms with van der Waals surface area (Å²) in [5, 5.41) is 5.53. The van der Waals surface area contributed by atoms with E-state index in [2.05, 4.69) is 43.3 Å². The van der Waals surface area contributed by atoms with Crippen molar-refractivity contribution in [2.24, 2.45) is 0 Å². The highest BCUT2D eigenvalue weighted by atomic mass is 19.1. The zero-order valence-electron chi connectivity index (χ0n) is 22.8. The number of nitrogen functional groups attached to an aromatic ring is 1. The molecular formula is C29H29FN10O. The zero-order valence-corrected chi connectivity index (χ0v) is 22.8. The van der Waals surface area contributed by atoms with Crippen molar-refractivity contribution < 1.29 is 8.81 Å². The molecule has 41 heavy (non-hydrogen) atoms. The van der Waals surface area contributed by atoms with Gasteiger partial charge in [0, 0.05) is 56.7 Å².